The Hall–Kier alpha value is -2.41. The summed E-state index contributed by atoms with van der Waals surface area (Å²) in [5.74, 6) is -0.591. The van der Waals surface area contributed by atoms with Crippen molar-refractivity contribution < 1.29 is 9.90 Å². The molecule has 0 radical (unpaired) electrons. The summed E-state index contributed by atoms with van der Waals surface area (Å²) < 4.78 is 1.88. The van der Waals surface area contributed by atoms with E-state index in [4.69, 9.17) is 23.2 Å². The lowest BCUT2D eigenvalue weighted by atomic mass is 9.65. The topological polar surface area (TPSA) is 70.2 Å². The van der Waals surface area contributed by atoms with Crippen molar-refractivity contribution >= 4 is 45.7 Å². The highest BCUT2D eigenvalue weighted by atomic mass is 35.5. The molecule has 2 atom stereocenters. The molecule has 8 heteroatoms. The van der Waals surface area contributed by atoms with Crippen LogP contribution in [0.15, 0.2) is 52.7 Å². The minimum Gasteiger partial charge on any atom is -0.493 e. The molecule has 0 spiro atoms. The minimum absolute atomic E-state index is 0.00538. The van der Waals surface area contributed by atoms with Gasteiger partial charge in [0.15, 0.2) is 5.69 Å². The zero-order valence-electron chi connectivity index (χ0n) is 19.6. The number of aromatic hydroxyl groups is 1. The molecule has 2 fully saturated rings. The number of hydrogen-bond donors (Lipinski definition) is 1. The van der Waals surface area contributed by atoms with E-state index in [9.17, 15) is 9.90 Å². The van der Waals surface area contributed by atoms with Crippen molar-refractivity contribution in [3.05, 3.63) is 58.1 Å². The molecule has 1 aromatic heterocycles. The number of fused-ring (bicyclic) bond motifs is 3. The maximum Gasteiger partial charge on any atom is 0.296 e. The molecule has 1 aliphatic heterocycles. The molecule has 1 amide bonds. The summed E-state index contributed by atoms with van der Waals surface area (Å²) in [5.41, 5.74) is 1.95. The fourth-order valence-corrected chi connectivity index (χ4v) is 6.74. The van der Waals surface area contributed by atoms with Gasteiger partial charge in [0.2, 0.25) is 5.88 Å². The molecular weight excluding hydrogens is 471 g/mol. The lowest BCUT2D eigenvalue weighted by Crippen LogP contribution is -2.35. The smallest absolute Gasteiger partial charge is 0.296 e. The Kier molecular flexibility index (Phi) is 5.74. The van der Waals surface area contributed by atoms with Crippen LogP contribution in [0.3, 0.4) is 0 Å². The van der Waals surface area contributed by atoms with Crippen molar-refractivity contribution in [2.45, 2.75) is 52.7 Å². The SMILES string of the molecule is CC1(C)CC2CC(C)(CN2Cn2c(O)c(N=NC(=O)c3ccc(Cl)cc3Cl)c3ccccc32)C1. The zero-order valence-corrected chi connectivity index (χ0v) is 21.1. The average molecular weight is 499 g/mol. The molecule has 1 saturated carbocycles. The number of rotatable bonds is 4. The molecule has 1 N–H and O–H groups in total. The van der Waals surface area contributed by atoms with E-state index in [0.717, 1.165) is 23.9 Å². The fourth-order valence-electron chi connectivity index (χ4n) is 6.25. The third-order valence-corrected chi connectivity index (χ3v) is 7.71. The summed E-state index contributed by atoms with van der Waals surface area (Å²) in [5, 5.41) is 20.6. The number of benzene rings is 2. The van der Waals surface area contributed by atoms with E-state index >= 15 is 0 Å². The number of amides is 1. The second-order valence-corrected chi connectivity index (χ2v) is 11.7. The summed E-state index contributed by atoms with van der Waals surface area (Å²) in [4.78, 5) is 15.1. The van der Waals surface area contributed by atoms with E-state index in [1.165, 1.54) is 25.0 Å². The van der Waals surface area contributed by atoms with Crippen molar-refractivity contribution in [3.63, 3.8) is 0 Å². The third-order valence-electron chi connectivity index (χ3n) is 7.17. The summed E-state index contributed by atoms with van der Waals surface area (Å²) in [7, 11) is 0. The minimum atomic E-state index is -0.596. The Labute approximate surface area is 209 Å². The Bertz CT molecular complexity index is 1320. The second kappa shape index (κ2) is 8.36. The van der Waals surface area contributed by atoms with Gasteiger partial charge >= 0.3 is 0 Å². The molecule has 1 saturated heterocycles. The normalized spacial score (nSPS) is 24.3. The van der Waals surface area contributed by atoms with Gasteiger partial charge in [0.25, 0.3) is 5.91 Å². The first-order valence-electron chi connectivity index (χ1n) is 11.5. The Morgan fingerprint density at radius 2 is 1.91 bits per heavy atom. The van der Waals surface area contributed by atoms with Gasteiger partial charge in [0, 0.05) is 23.0 Å². The van der Waals surface area contributed by atoms with Crippen molar-refractivity contribution in [2.24, 2.45) is 21.1 Å². The first kappa shape index (κ1) is 23.3. The molecule has 1 aliphatic carbocycles. The Morgan fingerprint density at radius 1 is 1.15 bits per heavy atom. The molecule has 2 heterocycles. The largest absolute Gasteiger partial charge is 0.493 e. The van der Waals surface area contributed by atoms with Gasteiger partial charge in [-0.1, -0.05) is 62.2 Å². The molecule has 5 rings (SSSR count). The molecule has 2 unspecified atom stereocenters. The second-order valence-electron chi connectivity index (χ2n) is 10.8. The number of halogens is 2. The van der Waals surface area contributed by atoms with Gasteiger partial charge in [0.05, 0.1) is 22.8 Å². The third kappa shape index (κ3) is 4.23. The fraction of sp³-hybridized carbons (Fsp3) is 0.423. The standard InChI is InChI=1S/C26H28Cl2N4O2/c1-25(2)11-17-12-26(3,13-25)14-31(17)15-32-21-7-5-4-6-19(21)22(24(32)34)29-30-23(33)18-9-8-16(27)10-20(18)28/h4-10,17,34H,11-15H2,1-3H3. The molecule has 2 aliphatic rings. The van der Waals surface area contributed by atoms with E-state index in [1.54, 1.807) is 6.07 Å². The van der Waals surface area contributed by atoms with Gasteiger partial charge in [-0.25, -0.2) is 0 Å². The number of hydrogen-bond acceptors (Lipinski definition) is 4. The number of carbonyl (C=O) groups is 1. The van der Waals surface area contributed by atoms with Gasteiger partial charge in [-0.15, -0.1) is 10.2 Å². The molecule has 178 valence electrons. The van der Waals surface area contributed by atoms with Gasteiger partial charge in [0.1, 0.15) is 0 Å². The van der Waals surface area contributed by atoms with Crippen LogP contribution in [0.25, 0.3) is 10.9 Å². The zero-order chi connectivity index (χ0) is 24.3. The first-order valence-corrected chi connectivity index (χ1v) is 12.3. The lowest BCUT2D eigenvalue weighted by Gasteiger charge is -2.40. The average Bonchev–Trinajstić information content (AvgIpc) is 3.15. The quantitative estimate of drug-likeness (QED) is 0.380. The molecular formula is C26H28Cl2N4O2. The molecule has 2 bridgehead atoms. The van der Waals surface area contributed by atoms with Crippen molar-refractivity contribution in [1.29, 1.82) is 0 Å². The lowest BCUT2D eigenvalue weighted by molar-refractivity contribution is 0.0995. The molecule has 6 nitrogen and oxygen atoms in total. The highest BCUT2D eigenvalue weighted by Gasteiger charge is 2.49. The van der Waals surface area contributed by atoms with Crippen LogP contribution in [-0.2, 0) is 6.67 Å². The molecule has 3 aromatic rings. The van der Waals surface area contributed by atoms with Crippen LogP contribution in [0.5, 0.6) is 5.88 Å². The number of likely N-dealkylation sites (tertiary alicyclic amines) is 1. The van der Waals surface area contributed by atoms with E-state index in [-0.39, 0.29) is 27.6 Å². The Morgan fingerprint density at radius 3 is 2.68 bits per heavy atom. The highest BCUT2D eigenvalue weighted by Crippen LogP contribution is 2.53. The summed E-state index contributed by atoms with van der Waals surface area (Å²) >= 11 is 12.1. The Balaban J connectivity index is 1.47. The number of aromatic nitrogens is 1. The molecule has 2 aromatic carbocycles. The summed E-state index contributed by atoms with van der Waals surface area (Å²) in [6.45, 7) is 8.64. The van der Waals surface area contributed by atoms with Crippen molar-refractivity contribution in [3.8, 4) is 5.88 Å². The van der Waals surface area contributed by atoms with Crippen LogP contribution in [0.4, 0.5) is 5.69 Å². The number of nitrogens with zero attached hydrogens (tertiary/aromatic N) is 4. The van der Waals surface area contributed by atoms with E-state index in [1.807, 2.05) is 28.8 Å². The molecule has 34 heavy (non-hydrogen) atoms. The van der Waals surface area contributed by atoms with Crippen LogP contribution in [0, 0.1) is 10.8 Å². The van der Waals surface area contributed by atoms with E-state index in [0.29, 0.717) is 23.1 Å². The summed E-state index contributed by atoms with van der Waals surface area (Å²) in [6.07, 6.45) is 3.53. The van der Waals surface area contributed by atoms with Gasteiger partial charge in [-0.05, 0) is 54.4 Å². The van der Waals surface area contributed by atoms with Crippen LogP contribution in [0.2, 0.25) is 10.0 Å². The van der Waals surface area contributed by atoms with Crippen LogP contribution in [-0.4, -0.2) is 33.1 Å². The van der Waals surface area contributed by atoms with Crippen LogP contribution >= 0.6 is 23.2 Å². The van der Waals surface area contributed by atoms with Crippen LogP contribution in [0.1, 0.15) is 50.4 Å². The number of azo groups is 1. The summed E-state index contributed by atoms with van der Waals surface area (Å²) in [6, 6.07) is 12.7. The maximum atomic E-state index is 12.6. The van der Waals surface area contributed by atoms with Gasteiger partial charge in [-0.2, -0.15) is 0 Å². The first-order chi connectivity index (χ1) is 16.1. The van der Waals surface area contributed by atoms with E-state index < -0.39 is 5.91 Å². The van der Waals surface area contributed by atoms with Crippen molar-refractivity contribution in [1.82, 2.24) is 9.47 Å². The van der Waals surface area contributed by atoms with Crippen molar-refractivity contribution in [2.75, 3.05) is 6.54 Å². The van der Waals surface area contributed by atoms with E-state index in [2.05, 4.69) is 35.9 Å². The monoisotopic (exact) mass is 498 g/mol. The highest BCUT2D eigenvalue weighted by molar-refractivity contribution is 6.36. The van der Waals surface area contributed by atoms with Gasteiger partial charge in [-0.3, -0.25) is 14.3 Å². The number of para-hydroxylation sites is 1. The van der Waals surface area contributed by atoms with Gasteiger partial charge < -0.3 is 5.11 Å². The predicted octanol–water partition coefficient (Wildman–Crippen LogP) is 7.44. The predicted molar refractivity (Wildman–Crippen MR) is 135 cm³/mol. The van der Waals surface area contributed by atoms with Crippen LogP contribution < -0.4 is 0 Å². The number of carbonyl (C=O) groups excluding carboxylic acids is 1. The maximum absolute atomic E-state index is 12.6.